The Kier molecular flexibility index (Phi) is 2.46. The molecule has 88 valence electrons. The van der Waals surface area contributed by atoms with Crippen molar-refractivity contribution in [1.82, 2.24) is 15.5 Å². The lowest BCUT2D eigenvalue weighted by Crippen LogP contribution is -2.25. The average Bonchev–Trinajstić information content (AvgIpc) is 2.98. The van der Waals surface area contributed by atoms with Crippen LogP contribution in [0.5, 0.6) is 0 Å². The number of aromatic nitrogens is 2. The molecule has 1 aromatic rings. The van der Waals surface area contributed by atoms with Crippen LogP contribution in [0.3, 0.4) is 0 Å². The summed E-state index contributed by atoms with van der Waals surface area (Å²) in [6.45, 7) is 4.22. The molecule has 1 aliphatic carbocycles. The zero-order valence-electron chi connectivity index (χ0n) is 9.83. The summed E-state index contributed by atoms with van der Waals surface area (Å²) in [6, 6.07) is 0. The first kappa shape index (κ1) is 10.3. The van der Waals surface area contributed by atoms with Gasteiger partial charge in [0.05, 0.1) is 5.41 Å². The molecule has 1 aromatic heterocycles. The van der Waals surface area contributed by atoms with Crippen molar-refractivity contribution in [2.24, 2.45) is 0 Å². The van der Waals surface area contributed by atoms with Crippen LogP contribution in [0.15, 0.2) is 4.52 Å². The second-order valence-corrected chi connectivity index (χ2v) is 5.43. The predicted molar refractivity (Wildman–Crippen MR) is 60.3 cm³/mol. The third-order valence-electron chi connectivity index (χ3n) is 4.05. The highest BCUT2D eigenvalue weighted by Crippen LogP contribution is 2.34. The Morgan fingerprint density at radius 3 is 2.88 bits per heavy atom. The van der Waals surface area contributed by atoms with E-state index in [2.05, 4.69) is 22.4 Å². The van der Waals surface area contributed by atoms with Crippen LogP contribution in [0.25, 0.3) is 0 Å². The molecule has 0 bridgehead atoms. The van der Waals surface area contributed by atoms with Gasteiger partial charge in [-0.1, -0.05) is 18.0 Å². The molecule has 0 aromatic carbocycles. The van der Waals surface area contributed by atoms with Crippen molar-refractivity contribution in [2.45, 2.75) is 50.4 Å². The lowest BCUT2D eigenvalue weighted by atomic mass is 9.90. The second-order valence-electron chi connectivity index (χ2n) is 5.43. The molecule has 1 saturated heterocycles. The van der Waals surface area contributed by atoms with E-state index in [1.54, 1.807) is 0 Å². The van der Waals surface area contributed by atoms with E-state index < -0.39 is 0 Å². The fourth-order valence-corrected chi connectivity index (χ4v) is 2.83. The lowest BCUT2D eigenvalue weighted by molar-refractivity contribution is 0.303. The molecule has 1 saturated carbocycles. The van der Waals surface area contributed by atoms with E-state index in [1.165, 1.54) is 25.7 Å². The summed E-state index contributed by atoms with van der Waals surface area (Å²) in [5.74, 6) is 2.33. The fraction of sp³-hybridized carbons (Fsp3) is 0.833. The summed E-state index contributed by atoms with van der Waals surface area (Å²) in [5.41, 5.74) is 0.0594. The fourth-order valence-electron chi connectivity index (χ4n) is 2.83. The van der Waals surface area contributed by atoms with Crippen LogP contribution < -0.4 is 5.32 Å². The largest absolute Gasteiger partial charge is 0.339 e. The van der Waals surface area contributed by atoms with Crippen LogP contribution >= 0.6 is 0 Å². The molecule has 4 heteroatoms. The summed E-state index contributed by atoms with van der Waals surface area (Å²) >= 11 is 0. The molecule has 0 spiro atoms. The van der Waals surface area contributed by atoms with Gasteiger partial charge in [-0.25, -0.2) is 0 Å². The minimum Gasteiger partial charge on any atom is -0.339 e. The molecule has 0 radical (unpaired) electrons. The maximum Gasteiger partial charge on any atom is 0.233 e. The Hall–Kier alpha value is -0.900. The van der Waals surface area contributed by atoms with Crippen LogP contribution in [0.1, 0.15) is 56.7 Å². The first-order valence-electron chi connectivity index (χ1n) is 6.33. The van der Waals surface area contributed by atoms with Crippen molar-refractivity contribution >= 4 is 0 Å². The SMILES string of the molecule is CC1(c2nc(C3CCCC3)no2)CCNC1. The van der Waals surface area contributed by atoms with E-state index in [0.717, 1.165) is 31.2 Å². The van der Waals surface area contributed by atoms with Gasteiger partial charge < -0.3 is 9.84 Å². The third kappa shape index (κ3) is 1.65. The van der Waals surface area contributed by atoms with Crippen molar-refractivity contribution in [3.05, 3.63) is 11.7 Å². The Balaban J connectivity index is 1.81. The van der Waals surface area contributed by atoms with Gasteiger partial charge in [-0.15, -0.1) is 0 Å². The second kappa shape index (κ2) is 3.84. The molecule has 4 nitrogen and oxygen atoms in total. The minimum absolute atomic E-state index is 0.0594. The zero-order valence-corrected chi connectivity index (χ0v) is 9.83. The lowest BCUT2D eigenvalue weighted by Gasteiger charge is -2.16. The van der Waals surface area contributed by atoms with Gasteiger partial charge >= 0.3 is 0 Å². The molecule has 1 N–H and O–H groups in total. The monoisotopic (exact) mass is 221 g/mol. The zero-order chi connectivity index (χ0) is 11.0. The molecule has 1 atom stereocenters. The van der Waals surface area contributed by atoms with Crippen LogP contribution in [0.4, 0.5) is 0 Å². The number of rotatable bonds is 2. The Bertz CT molecular complexity index is 362. The molecular formula is C12H19N3O. The molecule has 1 aliphatic heterocycles. The van der Waals surface area contributed by atoms with Gasteiger partial charge in [0.1, 0.15) is 0 Å². The van der Waals surface area contributed by atoms with Crippen LogP contribution in [-0.2, 0) is 5.41 Å². The standard InChI is InChI=1S/C12H19N3O/c1-12(6-7-13-8-12)11-14-10(15-16-11)9-4-2-3-5-9/h9,13H,2-8H2,1H3. The van der Waals surface area contributed by atoms with Crippen LogP contribution in [0, 0.1) is 0 Å². The van der Waals surface area contributed by atoms with Gasteiger partial charge in [-0.05, 0) is 32.7 Å². The van der Waals surface area contributed by atoms with Crippen molar-refractivity contribution in [2.75, 3.05) is 13.1 Å². The molecule has 2 aliphatic rings. The van der Waals surface area contributed by atoms with Crippen LogP contribution in [-0.4, -0.2) is 23.2 Å². The van der Waals surface area contributed by atoms with Crippen molar-refractivity contribution in [3.8, 4) is 0 Å². The average molecular weight is 221 g/mol. The van der Waals surface area contributed by atoms with Crippen molar-refractivity contribution < 1.29 is 4.52 Å². The summed E-state index contributed by atoms with van der Waals surface area (Å²) in [4.78, 5) is 4.63. The summed E-state index contributed by atoms with van der Waals surface area (Å²) in [7, 11) is 0. The normalized spacial score (nSPS) is 31.3. The Labute approximate surface area is 95.8 Å². The Morgan fingerprint density at radius 2 is 2.19 bits per heavy atom. The first-order valence-corrected chi connectivity index (χ1v) is 6.33. The molecule has 16 heavy (non-hydrogen) atoms. The van der Waals surface area contributed by atoms with Crippen molar-refractivity contribution in [3.63, 3.8) is 0 Å². The van der Waals surface area contributed by atoms with Gasteiger partial charge in [0.15, 0.2) is 5.82 Å². The van der Waals surface area contributed by atoms with Gasteiger partial charge in [0.2, 0.25) is 5.89 Å². The van der Waals surface area contributed by atoms with E-state index in [4.69, 9.17) is 4.52 Å². The highest BCUT2D eigenvalue weighted by Gasteiger charge is 2.37. The van der Waals surface area contributed by atoms with Crippen LogP contribution in [0.2, 0.25) is 0 Å². The smallest absolute Gasteiger partial charge is 0.233 e. The summed E-state index contributed by atoms with van der Waals surface area (Å²) in [5, 5.41) is 7.54. The predicted octanol–water partition coefficient (Wildman–Crippen LogP) is 1.98. The van der Waals surface area contributed by atoms with Crippen molar-refractivity contribution in [1.29, 1.82) is 0 Å². The summed E-state index contributed by atoms with van der Waals surface area (Å²) in [6.07, 6.45) is 6.18. The summed E-state index contributed by atoms with van der Waals surface area (Å²) < 4.78 is 5.46. The van der Waals surface area contributed by atoms with Gasteiger partial charge in [0, 0.05) is 12.5 Å². The number of nitrogens with one attached hydrogen (secondary N) is 1. The number of hydrogen-bond donors (Lipinski definition) is 1. The highest BCUT2D eigenvalue weighted by atomic mass is 16.5. The molecule has 2 fully saturated rings. The quantitative estimate of drug-likeness (QED) is 0.829. The van der Waals surface area contributed by atoms with E-state index >= 15 is 0 Å². The number of nitrogens with zero attached hydrogens (tertiary/aromatic N) is 2. The number of hydrogen-bond acceptors (Lipinski definition) is 4. The maximum atomic E-state index is 5.46. The molecule has 1 unspecified atom stereocenters. The van der Waals surface area contributed by atoms with E-state index in [9.17, 15) is 0 Å². The van der Waals surface area contributed by atoms with E-state index in [-0.39, 0.29) is 5.41 Å². The molecule has 3 rings (SSSR count). The molecular weight excluding hydrogens is 202 g/mol. The van der Waals surface area contributed by atoms with Gasteiger partial charge in [-0.3, -0.25) is 0 Å². The topological polar surface area (TPSA) is 51.0 Å². The van der Waals surface area contributed by atoms with Gasteiger partial charge in [-0.2, -0.15) is 4.98 Å². The maximum absolute atomic E-state index is 5.46. The van der Waals surface area contributed by atoms with Gasteiger partial charge in [0.25, 0.3) is 0 Å². The first-order chi connectivity index (χ1) is 7.78. The highest BCUT2D eigenvalue weighted by molar-refractivity contribution is 5.09. The molecule has 2 heterocycles. The Morgan fingerprint density at radius 1 is 1.38 bits per heavy atom. The minimum atomic E-state index is 0.0594. The van der Waals surface area contributed by atoms with E-state index in [1.807, 2.05) is 0 Å². The molecule has 0 amide bonds. The third-order valence-corrected chi connectivity index (χ3v) is 4.05. The van der Waals surface area contributed by atoms with E-state index in [0.29, 0.717) is 5.92 Å².